The lowest BCUT2D eigenvalue weighted by Crippen LogP contribution is -2.28. The maximum atomic E-state index is 12.1. The third kappa shape index (κ3) is 3.49. The van der Waals surface area contributed by atoms with Gasteiger partial charge in [-0.15, -0.1) is 11.3 Å². The molecule has 1 aromatic carbocycles. The molecule has 2 aromatic heterocycles. The van der Waals surface area contributed by atoms with Crippen LogP contribution in [0, 0.1) is 0 Å². The van der Waals surface area contributed by atoms with Crippen molar-refractivity contribution < 1.29 is 14.3 Å². The first-order valence-electron chi connectivity index (χ1n) is 7.09. The number of aromatic nitrogens is 2. The summed E-state index contributed by atoms with van der Waals surface area (Å²) < 4.78 is 4.98. The largest absolute Gasteiger partial charge is 0.451 e. The van der Waals surface area contributed by atoms with E-state index in [1.165, 1.54) is 11.3 Å². The zero-order valence-electron chi connectivity index (χ0n) is 12.4. The summed E-state index contributed by atoms with van der Waals surface area (Å²) in [5, 5.41) is 11.3. The second kappa shape index (κ2) is 7.05. The number of nitrogens with one attached hydrogen (secondary N) is 2. The van der Waals surface area contributed by atoms with Crippen LogP contribution in [0.5, 0.6) is 0 Å². The van der Waals surface area contributed by atoms with Gasteiger partial charge in [0.15, 0.2) is 12.3 Å². The number of esters is 1. The number of carbonyl (C=O) groups is 2. The smallest absolute Gasteiger partial charge is 0.359 e. The number of amides is 1. The van der Waals surface area contributed by atoms with Crippen LogP contribution in [0.25, 0.3) is 10.8 Å². The topological polar surface area (TPSA) is 101 Å². The zero-order valence-corrected chi connectivity index (χ0v) is 13.3. The molecule has 2 heterocycles. The summed E-state index contributed by atoms with van der Waals surface area (Å²) >= 11 is 1.52. The van der Waals surface area contributed by atoms with E-state index >= 15 is 0 Å². The number of rotatable bonds is 5. The Labute approximate surface area is 140 Å². The van der Waals surface area contributed by atoms with Crippen LogP contribution >= 0.6 is 11.3 Å². The van der Waals surface area contributed by atoms with E-state index in [2.05, 4.69) is 15.5 Å². The molecule has 0 spiro atoms. The molecule has 122 valence electrons. The minimum absolute atomic E-state index is 0.0312. The van der Waals surface area contributed by atoms with Gasteiger partial charge in [0.1, 0.15) is 0 Å². The van der Waals surface area contributed by atoms with Gasteiger partial charge in [0, 0.05) is 10.3 Å². The molecule has 3 aromatic rings. The van der Waals surface area contributed by atoms with Crippen LogP contribution in [0.15, 0.2) is 46.6 Å². The number of benzene rings is 1. The van der Waals surface area contributed by atoms with E-state index in [1.54, 1.807) is 24.3 Å². The van der Waals surface area contributed by atoms with E-state index in [4.69, 9.17) is 4.74 Å². The molecule has 0 aliphatic carbocycles. The Balaban J connectivity index is 1.64. The molecule has 3 rings (SSSR count). The van der Waals surface area contributed by atoms with Gasteiger partial charge in [0.25, 0.3) is 11.5 Å². The average molecular weight is 343 g/mol. The quantitative estimate of drug-likeness (QED) is 0.683. The number of aromatic amines is 1. The molecule has 0 aliphatic rings. The average Bonchev–Trinajstić information content (AvgIpc) is 3.12. The van der Waals surface area contributed by atoms with Crippen molar-refractivity contribution in [2.24, 2.45) is 0 Å². The van der Waals surface area contributed by atoms with Crippen molar-refractivity contribution in [1.82, 2.24) is 15.5 Å². The van der Waals surface area contributed by atoms with Crippen LogP contribution in [0.1, 0.15) is 15.4 Å². The summed E-state index contributed by atoms with van der Waals surface area (Å²) in [6.45, 7) is -0.0345. The minimum atomic E-state index is -0.770. The number of hydrogen-bond donors (Lipinski definition) is 2. The fourth-order valence-electron chi connectivity index (χ4n) is 2.12. The van der Waals surface area contributed by atoms with E-state index in [9.17, 15) is 14.4 Å². The number of H-pyrrole nitrogens is 1. The third-order valence-electron chi connectivity index (χ3n) is 3.26. The van der Waals surface area contributed by atoms with Gasteiger partial charge in [-0.2, -0.15) is 5.10 Å². The summed E-state index contributed by atoms with van der Waals surface area (Å²) in [6.07, 6.45) is 0. The zero-order chi connectivity index (χ0) is 16.9. The summed E-state index contributed by atoms with van der Waals surface area (Å²) in [6, 6.07) is 10.3. The maximum Gasteiger partial charge on any atom is 0.359 e. The van der Waals surface area contributed by atoms with Gasteiger partial charge in [-0.05, 0) is 17.5 Å². The molecular formula is C16H13N3O4S. The Morgan fingerprint density at radius 3 is 2.71 bits per heavy atom. The highest BCUT2D eigenvalue weighted by atomic mass is 32.1. The molecule has 0 saturated heterocycles. The molecule has 24 heavy (non-hydrogen) atoms. The van der Waals surface area contributed by atoms with Gasteiger partial charge >= 0.3 is 5.97 Å². The number of carbonyl (C=O) groups excluding carboxylic acids is 2. The van der Waals surface area contributed by atoms with E-state index in [0.717, 1.165) is 4.88 Å². The van der Waals surface area contributed by atoms with Crippen molar-refractivity contribution >= 4 is 34.0 Å². The van der Waals surface area contributed by atoms with Crippen LogP contribution < -0.4 is 10.9 Å². The normalized spacial score (nSPS) is 10.5. The molecule has 0 bridgehead atoms. The first-order chi connectivity index (χ1) is 11.6. The fourth-order valence-corrected chi connectivity index (χ4v) is 2.76. The predicted octanol–water partition coefficient (Wildman–Crippen LogP) is 1.46. The molecule has 1 amide bonds. The highest BCUT2D eigenvalue weighted by molar-refractivity contribution is 7.09. The summed E-state index contributed by atoms with van der Waals surface area (Å²) in [7, 11) is 0. The summed E-state index contributed by atoms with van der Waals surface area (Å²) in [5.41, 5.74) is -0.424. The Morgan fingerprint density at radius 2 is 1.96 bits per heavy atom. The molecule has 0 fully saturated rings. The number of ether oxygens (including phenoxy) is 1. The predicted molar refractivity (Wildman–Crippen MR) is 88.8 cm³/mol. The highest BCUT2D eigenvalue weighted by Gasteiger charge is 2.16. The lowest BCUT2D eigenvalue weighted by atomic mass is 10.1. The molecule has 0 radical (unpaired) electrons. The SMILES string of the molecule is O=C(COC(=O)c1n[nH]c(=O)c2ccccc12)NCc1cccs1. The molecule has 8 heteroatoms. The monoisotopic (exact) mass is 343 g/mol. The molecule has 0 saturated carbocycles. The first kappa shape index (κ1) is 15.9. The van der Waals surface area contributed by atoms with Crippen molar-refractivity contribution in [3.8, 4) is 0 Å². The van der Waals surface area contributed by atoms with Crippen LogP contribution in [0.3, 0.4) is 0 Å². The van der Waals surface area contributed by atoms with Gasteiger partial charge in [0.05, 0.1) is 11.9 Å². The number of thiophene rings is 1. The van der Waals surface area contributed by atoms with Crippen molar-refractivity contribution in [1.29, 1.82) is 0 Å². The van der Waals surface area contributed by atoms with Crippen molar-refractivity contribution in [3.05, 3.63) is 62.7 Å². The molecule has 7 nitrogen and oxygen atoms in total. The first-order valence-corrected chi connectivity index (χ1v) is 7.97. The summed E-state index contributed by atoms with van der Waals surface area (Å²) in [5.74, 6) is -1.18. The van der Waals surface area contributed by atoms with Crippen molar-refractivity contribution in [3.63, 3.8) is 0 Å². The molecule has 0 atom stereocenters. The molecule has 0 aliphatic heterocycles. The van der Waals surface area contributed by atoms with Gasteiger partial charge in [-0.1, -0.05) is 24.3 Å². The standard InChI is InChI=1S/C16H13N3O4S/c20-13(17-8-10-4-3-7-24-10)9-23-16(22)14-11-5-1-2-6-12(11)15(21)19-18-14/h1-7H,8-9H2,(H,17,20)(H,19,21). The van der Waals surface area contributed by atoms with Gasteiger partial charge in [-0.25, -0.2) is 9.89 Å². The van der Waals surface area contributed by atoms with Crippen LogP contribution in [-0.4, -0.2) is 28.7 Å². The van der Waals surface area contributed by atoms with Crippen molar-refractivity contribution in [2.75, 3.05) is 6.61 Å². The minimum Gasteiger partial charge on any atom is -0.451 e. The fraction of sp³-hybridized carbons (Fsp3) is 0.125. The van der Waals surface area contributed by atoms with Crippen LogP contribution in [0.2, 0.25) is 0 Å². The molecule has 0 unspecified atom stereocenters. The van der Waals surface area contributed by atoms with Gasteiger partial charge in [0.2, 0.25) is 0 Å². The Kier molecular flexibility index (Phi) is 4.66. The second-order valence-corrected chi connectivity index (χ2v) is 5.91. The van der Waals surface area contributed by atoms with Crippen LogP contribution in [0.4, 0.5) is 0 Å². The number of hydrogen-bond acceptors (Lipinski definition) is 6. The third-order valence-corrected chi connectivity index (χ3v) is 4.14. The summed E-state index contributed by atoms with van der Waals surface area (Å²) in [4.78, 5) is 36.5. The Hall–Kier alpha value is -3.00. The van der Waals surface area contributed by atoms with E-state index in [-0.39, 0.29) is 5.69 Å². The number of nitrogens with zero attached hydrogens (tertiary/aromatic N) is 1. The Morgan fingerprint density at radius 1 is 1.17 bits per heavy atom. The highest BCUT2D eigenvalue weighted by Crippen LogP contribution is 2.13. The van der Waals surface area contributed by atoms with Crippen LogP contribution in [-0.2, 0) is 16.1 Å². The second-order valence-electron chi connectivity index (χ2n) is 4.88. The lowest BCUT2D eigenvalue weighted by Gasteiger charge is -2.06. The Bertz CT molecular complexity index is 934. The van der Waals surface area contributed by atoms with E-state index in [1.807, 2.05) is 17.5 Å². The van der Waals surface area contributed by atoms with Crippen molar-refractivity contribution in [2.45, 2.75) is 6.54 Å². The van der Waals surface area contributed by atoms with E-state index in [0.29, 0.717) is 17.3 Å². The van der Waals surface area contributed by atoms with Gasteiger partial charge < -0.3 is 10.1 Å². The van der Waals surface area contributed by atoms with Gasteiger partial charge in [-0.3, -0.25) is 9.59 Å². The molecule has 2 N–H and O–H groups in total. The number of fused-ring (bicyclic) bond motifs is 1. The maximum absolute atomic E-state index is 12.1. The molecular weight excluding hydrogens is 330 g/mol. The lowest BCUT2D eigenvalue weighted by molar-refractivity contribution is -0.124. The van der Waals surface area contributed by atoms with E-state index < -0.39 is 24.0 Å².